The van der Waals surface area contributed by atoms with Crippen molar-refractivity contribution < 1.29 is 0 Å². The van der Waals surface area contributed by atoms with Crippen molar-refractivity contribution in [3.05, 3.63) is 34.9 Å². The summed E-state index contributed by atoms with van der Waals surface area (Å²) in [5.74, 6) is 0.938. The molecule has 1 rings (SSSR count). The fourth-order valence-corrected chi connectivity index (χ4v) is 2.18. The van der Waals surface area contributed by atoms with Crippen molar-refractivity contribution in [1.29, 1.82) is 0 Å². The number of halogens is 1. The summed E-state index contributed by atoms with van der Waals surface area (Å²) in [6, 6.07) is 6.69. The molecular formula is C14H21Cl. The second-order valence-corrected chi connectivity index (χ2v) is 5.40. The van der Waals surface area contributed by atoms with Crippen molar-refractivity contribution in [2.75, 3.05) is 0 Å². The molecule has 0 saturated carbocycles. The van der Waals surface area contributed by atoms with Crippen LogP contribution >= 0.6 is 11.6 Å². The third-order valence-corrected chi connectivity index (χ3v) is 3.77. The van der Waals surface area contributed by atoms with Crippen LogP contribution in [0, 0.1) is 19.8 Å². The molecule has 2 unspecified atom stereocenters. The van der Waals surface area contributed by atoms with Gasteiger partial charge in [0.2, 0.25) is 0 Å². The van der Waals surface area contributed by atoms with E-state index in [1.54, 1.807) is 0 Å². The number of benzene rings is 1. The molecule has 1 aromatic carbocycles. The summed E-state index contributed by atoms with van der Waals surface area (Å²) in [6.07, 6.45) is 0. The van der Waals surface area contributed by atoms with E-state index in [2.05, 4.69) is 52.8 Å². The van der Waals surface area contributed by atoms with Gasteiger partial charge in [-0.05, 0) is 31.2 Å². The maximum Gasteiger partial charge on any atom is 0.0424 e. The smallest absolute Gasteiger partial charge is 0.0424 e. The fraction of sp³-hybridized carbons (Fsp3) is 0.571. The molecule has 0 aromatic heterocycles. The molecule has 0 saturated heterocycles. The summed E-state index contributed by atoms with van der Waals surface area (Å²) in [5, 5.41) is 0.214. The standard InChI is InChI=1S/C14H21Cl/c1-9(2)14(15)12(5)13-7-10(3)6-11(4)8-13/h6-9,12,14H,1-5H3. The van der Waals surface area contributed by atoms with E-state index in [0.717, 1.165) is 0 Å². The molecule has 0 aliphatic rings. The Balaban J connectivity index is 2.95. The van der Waals surface area contributed by atoms with Crippen molar-refractivity contribution in [2.24, 2.45) is 5.92 Å². The first-order valence-corrected chi connectivity index (χ1v) is 6.07. The summed E-state index contributed by atoms with van der Waals surface area (Å²) >= 11 is 6.41. The minimum atomic E-state index is 0.214. The number of hydrogen-bond acceptors (Lipinski definition) is 0. The van der Waals surface area contributed by atoms with Gasteiger partial charge in [-0.2, -0.15) is 0 Å². The van der Waals surface area contributed by atoms with E-state index in [9.17, 15) is 0 Å². The van der Waals surface area contributed by atoms with Gasteiger partial charge in [-0.1, -0.05) is 50.1 Å². The first-order valence-electron chi connectivity index (χ1n) is 5.64. The zero-order valence-electron chi connectivity index (χ0n) is 10.3. The van der Waals surface area contributed by atoms with Crippen LogP contribution in [-0.2, 0) is 0 Å². The van der Waals surface area contributed by atoms with Crippen molar-refractivity contribution >= 4 is 11.6 Å². The molecular weight excluding hydrogens is 204 g/mol. The van der Waals surface area contributed by atoms with Crippen molar-refractivity contribution in [1.82, 2.24) is 0 Å². The van der Waals surface area contributed by atoms with E-state index in [0.29, 0.717) is 11.8 Å². The van der Waals surface area contributed by atoms with Gasteiger partial charge in [-0.15, -0.1) is 11.6 Å². The van der Waals surface area contributed by atoms with Crippen LogP contribution in [0.2, 0.25) is 0 Å². The van der Waals surface area contributed by atoms with E-state index < -0.39 is 0 Å². The molecule has 0 radical (unpaired) electrons. The summed E-state index contributed by atoms with van der Waals surface area (Å²) in [7, 11) is 0. The average molecular weight is 225 g/mol. The Kier molecular flexibility index (Phi) is 4.21. The number of hydrogen-bond donors (Lipinski definition) is 0. The molecule has 0 aliphatic carbocycles. The molecule has 84 valence electrons. The third kappa shape index (κ3) is 3.24. The predicted octanol–water partition coefficient (Wildman–Crippen LogP) is 4.67. The first kappa shape index (κ1) is 12.6. The van der Waals surface area contributed by atoms with E-state index in [-0.39, 0.29) is 5.38 Å². The van der Waals surface area contributed by atoms with Crippen LogP contribution in [0.3, 0.4) is 0 Å². The zero-order valence-corrected chi connectivity index (χ0v) is 11.1. The molecule has 0 nitrogen and oxygen atoms in total. The molecule has 0 spiro atoms. The van der Waals surface area contributed by atoms with E-state index >= 15 is 0 Å². The van der Waals surface area contributed by atoms with E-state index in [1.807, 2.05) is 0 Å². The van der Waals surface area contributed by atoms with Crippen molar-refractivity contribution in [3.8, 4) is 0 Å². The fourth-order valence-electron chi connectivity index (χ4n) is 2.03. The molecule has 0 aliphatic heterocycles. The van der Waals surface area contributed by atoms with Gasteiger partial charge in [0.1, 0.15) is 0 Å². The van der Waals surface area contributed by atoms with Crippen LogP contribution < -0.4 is 0 Å². The van der Waals surface area contributed by atoms with Gasteiger partial charge in [0.25, 0.3) is 0 Å². The maximum absolute atomic E-state index is 6.41. The quantitative estimate of drug-likeness (QED) is 0.655. The van der Waals surface area contributed by atoms with Gasteiger partial charge < -0.3 is 0 Å². The SMILES string of the molecule is Cc1cc(C)cc(C(C)C(Cl)C(C)C)c1. The molecule has 1 heteroatoms. The lowest BCUT2D eigenvalue weighted by Crippen LogP contribution is -2.16. The Hall–Kier alpha value is -0.490. The number of alkyl halides is 1. The molecule has 15 heavy (non-hydrogen) atoms. The van der Waals surface area contributed by atoms with Crippen molar-refractivity contribution in [3.63, 3.8) is 0 Å². The summed E-state index contributed by atoms with van der Waals surface area (Å²) in [6.45, 7) is 10.9. The van der Waals surface area contributed by atoms with Crippen LogP contribution in [0.5, 0.6) is 0 Å². The molecule has 2 atom stereocenters. The van der Waals surface area contributed by atoms with Crippen LogP contribution in [0.1, 0.15) is 43.4 Å². The summed E-state index contributed by atoms with van der Waals surface area (Å²) < 4.78 is 0. The Morgan fingerprint density at radius 3 is 1.80 bits per heavy atom. The van der Waals surface area contributed by atoms with Crippen LogP contribution in [0.4, 0.5) is 0 Å². The summed E-state index contributed by atoms with van der Waals surface area (Å²) in [5.41, 5.74) is 4.01. The van der Waals surface area contributed by atoms with E-state index in [1.165, 1.54) is 16.7 Å². The Labute approximate surface area is 98.7 Å². The number of rotatable bonds is 3. The molecule has 0 heterocycles. The normalized spacial score (nSPS) is 15.4. The van der Waals surface area contributed by atoms with Crippen LogP contribution in [0.25, 0.3) is 0 Å². The average Bonchev–Trinajstić information content (AvgIpc) is 2.13. The lowest BCUT2D eigenvalue weighted by molar-refractivity contribution is 0.533. The summed E-state index contributed by atoms with van der Waals surface area (Å²) in [4.78, 5) is 0. The molecule has 0 fully saturated rings. The Morgan fingerprint density at radius 2 is 1.40 bits per heavy atom. The lowest BCUT2D eigenvalue weighted by atomic mass is 9.89. The van der Waals surface area contributed by atoms with Gasteiger partial charge in [0, 0.05) is 5.38 Å². The minimum absolute atomic E-state index is 0.214. The topological polar surface area (TPSA) is 0 Å². The van der Waals surface area contributed by atoms with Gasteiger partial charge in [0.05, 0.1) is 0 Å². The highest BCUT2D eigenvalue weighted by Crippen LogP contribution is 2.29. The number of aryl methyl sites for hydroxylation is 2. The largest absolute Gasteiger partial charge is 0.122 e. The Bertz CT molecular complexity index is 308. The van der Waals surface area contributed by atoms with E-state index in [4.69, 9.17) is 11.6 Å². The maximum atomic E-state index is 6.41. The molecule has 0 bridgehead atoms. The zero-order chi connectivity index (χ0) is 11.6. The van der Waals surface area contributed by atoms with Crippen molar-refractivity contribution in [2.45, 2.75) is 45.9 Å². The first-order chi connectivity index (χ1) is 6.91. The molecule has 1 aromatic rings. The van der Waals surface area contributed by atoms with Gasteiger partial charge in [-0.25, -0.2) is 0 Å². The third-order valence-electron chi connectivity index (χ3n) is 2.88. The Morgan fingerprint density at radius 1 is 0.933 bits per heavy atom. The lowest BCUT2D eigenvalue weighted by Gasteiger charge is -2.22. The van der Waals surface area contributed by atoms with Crippen LogP contribution in [-0.4, -0.2) is 5.38 Å². The highest BCUT2D eigenvalue weighted by molar-refractivity contribution is 6.21. The predicted molar refractivity (Wildman–Crippen MR) is 68.8 cm³/mol. The van der Waals surface area contributed by atoms with Gasteiger partial charge in [-0.3, -0.25) is 0 Å². The highest BCUT2D eigenvalue weighted by atomic mass is 35.5. The highest BCUT2D eigenvalue weighted by Gasteiger charge is 2.19. The van der Waals surface area contributed by atoms with Gasteiger partial charge >= 0.3 is 0 Å². The molecule has 0 N–H and O–H groups in total. The van der Waals surface area contributed by atoms with Gasteiger partial charge in [0.15, 0.2) is 0 Å². The monoisotopic (exact) mass is 224 g/mol. The molecule has 0 amide bonds. The second-order valence-electron chi connectivity index (χ2n) is 4.90. The minimum Gasteiger partial charge on any atom is -0.122 e. The van der Waals surface area contributed by atoms with Crippen LogP contribution in [0.15, 0.2) is 18.2 Å². The second kappa shape index (κ2) is 5.03.